The van der Waals surface area contributed by atoms with Crippen molar-refractivity contribution in [3.05, 3.63) is 0 Å². The molecule has 0 bridgehead atoms. The molecule has 1 atom stereocenters. The Morgan fingerprint density at radius 1 is 1.14 bits per heavy atom. The summed E-state index contributed by atoms with van der Waals surface area (Å²) in [4.78, 5) is 2.12. The van der Waals surface area contributed by atoms with Crippen molar-refractivity contribution in [1.82, 2.24) is 4.90 Å². The van der Waals surface area contributed by atoms with Crippen molar-refractivity contribution in [2.75, 3.05) is 27.2 Å². The number of ether oxygens (including phenoxy) is 2. The van der Waals surface area contributed by atoms with Crippen molar-refractivity contribution in [1.29, 1.82) is 0 Å². The van der Waals surface area contributed by atoms with Crippen LogP contribution in [-0.2, 0) is 9.47 Å². The van der Waals surface area contributed by atoms with E-state index in [9.17, 15) is 0 Å². The molecule has 0 aromatic carbocycles. The van der Waals surface area contributed by atoms with Gasteiger partial charge in [0.15, 0.2) is 5.79 Å². The van der Waals surface area contributed by atoms with Gasteiger partial charge in [0.2, 0.25) is 0 Å². The zero-order valence-corrected chi connectivity index (χ0v) is 10.7. The minimum absolute atomic E-state index is 0.146. The fourth-order valence-corrected chi connectivity index (χ4v) is 1.73. The number of hydrogen-bond donors (Lipinski definition) is 0. The molecule has 1 heterocycles. The van der Waals surface area contributed by atoms with Crippen molar-refractivity contribution >= 4 is 0 Å². The Morgan fingerprint density at radius 2 is 1.64 bits per heavy atom. The standard InChI is InChI=1S/C9H19NO2.C2H6/c1-8(2)11-7-9(3,12-8)6-10(4)5;1-2/h6-7H2,1-5H3;1-2H3. The van der Waals surface area contributed by atoms with E-state index in [1.165, 1.54) is 0 Å². The van der Waals surface area contributed by atoms with Crippen molar-refractivity contribution < 1.29 is 9.47 Å². The van der Waals surface area contributed by atoms with Crippen LogP contribution in [0.15, 0.2) is 0 Å². The lowest BCUT2D eigenvalue weighted by Crippen LogP contribution is -2.40. The first-order valence-corrected chi connectivity index (χ1v) is 5.32. The van der Waals surface area contributed by atoms with Crippen LogP contribution in [0, 0.1) is 0 Å². The summed E-state index contributed by atoms with van der Waals surface area (Å²) in [7, 11) is 4.08. The average Bonchev–Trinajstić information content (AvgIpc) is 2.28. The second-order valence-corrected chi connectivity index (χ2v) is 4.48. The summed E-state index contributed by atoms with van der Waals surface area (Å²) in [6.07, 6.45) is 0. The van der Waals surface area contributed by atoms with Crippen LogP contribution in [0.25, 0.3) is 0 Å². The molecule has 0 aromatic heterocycles. The smallest absolute Gasteiger partial charge is 0.163 e. The number of hydrogen-bond acceptors (Lipinski definition) is 3. The van der Waals surface area contributed by atoms with Gasteiger partial charge in [-0.25, -0.2) is 0 Å². The molecule has 0 spiro atoms. The summed E-state index contributed by atoms with van der Waals surface area (Å²) in [5, 5.41) is 0. The molecular weight excluding hydrogens is 178 g/mol. The molecule has 3 nitrogen and oxygen atoms in total. The summed E-state index contributed by atoms with van der Waals surface area (Å²) in [5.41, 5.74) is -0.146. The van der Waals surface area contributed by atoms with Crippen molar-refractivity contribution in [3.8, 4) is 0 Å². The first-order valence-electron chi connectivity index (χ1n) is 5.32. The van der Waals surface area contributed by atoms with Gasteiger partial charge < -0.3 is 14.4 Å². The van der Waals surface area contributed by atoms with Crippen LogP contribution < -0.4 is 0 Å². The fourth-order valence-electron chi connectivity index (χ4n) is 1.73. The van der Waals surface area contributed by atoms with E-state index in [4.69, 9.17) is 9.47 Å². The van der Waals surface area contributed by atoms with Crippen LogP contribution in [0.1, 0.15) is 34.6 Å². The number of nitrogens with zero attached hydrogens (tertiary/aromatic N) is 1. The SMILES string of the molecule is CC.CN(C)CC1(C)COC(C)(C)O1. The van der Waals surface area contributed by atoms with E-state index >= 15 is 0 Å². The zero-order valence-electron chi connectivity index (χ0n) is 10.7. The van der Waals surface area contributed by atoms with Gasteiger partial charge in [-0.15, -0.1) is 0 Å². The molecule has 1 aliphatic heterocycles. The highest BCUT2D eigenvalue weighted by atomic mass is 16.8. The molecular formula is C11H25NO2. The van der Waals surface area contributed by atoms with E-state index in [1.807, 2.05) is 41.8 Å². The minimum atomic E-state index is -0.412. The molecule has 3 heteroatoms. The van der Waals surface area contributed by atoms with E-state index in [1.54, 1.807) is 0 Å². The lowest BCUT2D eigenvalue weighted by molar-refractivity contribution is -0.159. The molecule has 0 radical (unpaired) electrons. The minimum Gasteiger partial charge on any atom is -0.347 e. The van der Waals surface area contributed by atoms with E-state index in [-0.39, 0.29) is 5.60 Å². The van der Waals surface area contributed by atoms with Gasteiger partial charge >= 0.3 is 0 Å². The zero-order chi connectivity index (χ0) is 11.4. The number of likely N-dealkylation sites (N-methyl/N-ethyl adjacent to an activating group) is 1. The van der Waals surface area contributed by atoms with Crippen molar-refractivity contribution in [2.24, 2.45) is 0 Å². The van der Waals surface area contributed by atoms with Gasteiger partial charge in [-0.05, 0) is 34.9 Å². The summed E-state index contributed by atoms with van der Waals surface area (Å²) in [5.74, 6) is -0.412. The normalized spacial score (nSPS) is 30.0. The summed E-state index contributed by atoms with van der Waals surface area (Å²) in [6.45, 7) is 11.6. The van der Waals surface area contributed by atoms with Gasteiger partial charge in [0.05, 0.1) is 6.61 Å². The summed E-state index contributed by atoms with van der Waals surface area (Å²) < 4.78 is 11.3. The maximum atomic E-state index is 5.78. The van der Waals surface area contributed by atoms with Gasteiger partial charge in [-0.2, -0.15) is 0 Å². The van der Waals surface area contributed by atoms with Gasteiger partial charge in [0.1, 0.15) is 5.60 Å². The molecule has 0 saturated carbocycles. The highest BCUT2D eigenvalue weighted by Gasteiger charge is 2.41. The van der Waals surface area contributed by atoms with Gasteiger partial charge in [-0.1, -0.05) is 13.8 Å². The maximum Gasteiger partial charge on any atom is 0.163 e. The Bertz CT molecular complexity index is 169. The molecule has 1 rings (SSSR count). The maximum absolute atomic E-state index is 5.78. The molecule has 86 valence electrons. The van der Waals surface area contributed by atoms with Crippen LogP contribution in [0.4, 0.5) is 0 Å². The second kappa shape index (κ2) is 5.10. The molecule has 0 N–H and O–H groups in total. The Morgan fingerprint density at radius 3 is 1.93 bits per heavy atom. The third-order valence-electron chi connectivity index (χ3n) is 1.87. The van der Waals surface area contributed by atoms with E-state index in [0.717, 1.165) is 6.54 Å². The predicted octanol–water partition coefficient (Wildman–Crippen LogP) is 2.12. The Kier molecular flexibility index (Phi) is 5.06. The van der Waals surface area contributed by atoms with Crippen LogP contribution in [0.3, 0.4) is 0 Å². The van der Waals surface area contributed by atoms with E-state index < -0.39 is 5.79 Å². The summed E-state index contributed by atoms with van der Waals surface area (Å²) >= 11 is 0. The van der Waals surface area contributed by atoms with E-state index in [0.29, 0.717) is 6.61 Å². The average molecular weight is 203 g/mol. The first-order chi connectivity index (χ1) is 6.33. The monoisotopic (exact) mass is 203 g/mol. The molecule has 0 amide bonds. The molecule has 1 aliphatic rings. The third kappa shape index (κ3) is 4.40. The fraction of sp³-hybridized carbons (Fsp3) is 1.00. The molecule has 0 aromatic rings. The number of rotatable bonds is 2. The van der Waals surface area contributed by atoms with Crippen LogP contribution in [0.2, 0.25) is 0 Å². The van der Waals surface area contributed by atoms with Gasteiger partial charge in [0, 0.05) is 6.54 Å². The molecule has 0 aliphatic carbocycles. The largest absolute Gasteiger partial charge is 0.347 e. The lowest BCUT2D eigenvalue weighted by atomic mass is 10.1. The quantitative estimate of drug-likeness (QED) is 0.686. The summed E-state index contributed by atoms with van der Waals surface area (Å²) in [6, 6.07) is 0. The van der Waals surface area contributed by atoms with Crippen LogP contribution in [0.5, 0.6) is 0 Å². The molecule has 1 unspecified atom stereocenters. The van der Waals surface area contributed by atoms with E-state index in [2.05, 4.69) is 11.8 Å². The molecule has 1 saturated heterocycles. The third-order valence-corrected chi connectivity index (χ3v) is 1.87. The predicted molar refractivity (Wildman–Crippen MR) is 59.4 cm³/mol. The van der Waals surface area contributed by atoms with Crippen molar-refractivity contribution in [2.45, 2.75) is 46.0 Å². The Labute approximate surface area is 88.4 Å². The molecule has 1 fully saturated rings. The van der Waals surface area contributed by atoms with Gasteiger partial charge in [-0.3, -0.25) is 0 Å². The van der Waals surface area contributed by atoms with Crippen LogP contribution in [-0.4, -0.2) is 43.5 Å². The Hall–Kier alpha value is -0.120. The van der Waals surface area contributed by atoms with Crippen LogP contribution >= 0.6 is 0 Å². The second-order valence-electron chi connectivity index (χ2n) is 4.48. The first kappa shape index (κ1) is 13.9. The lowest BCUT2D eigenvalue weighted by Gasteiger charge is -2.27. The highest BCUT2D eigenvalue weighted by Crippen LogP contribution is 2.30. The Balaban J connectivity index is 0.000000791. The topological polar surface area (TPSA) is 21.7 Å². The molecule has 14 heavy (non-hydrogen) atoms. The van der Waals surface area contributed by atoms with Gasteiger partial charge in [0.25, 0.3) is 0 Å². The van der Waals surface area contributed by atoms with Crippen molar-refractivity contribution in [3.63, 3.8) is 0 Å². The highest BCUT2D eigenvalue weighted by molar-refractivity contribution is 4.85.